The molecule has 11 heteroatoms. The van der Waals surface area contributed by atoms with E-state index in [0.29, 0.717) is 72.7 Å². The molecule has 0 aliphatic carbocycles. The van der Waals surface area contributed by atoms with Crippen molar-refractivity contribution < 1.29 is 18.7 Å². The Bertz CT molecular complexity index is 1430. The largest absolute Gasteiger partial charge is 0.495 e. The van der Waals surface area contributed by atoms with E-state index in [2.05, 4.69) is 15.4 Å². The van der Waals surface area contributed by atoms with Crippen LogP contribution in [-0.2, 0) is 13.1 Å². The van der Waals surface area contributed by atoms with Crippen molar-refractivity contribution in [3.05, 3.63) is 70.9 Å². The lowest BCUT2D eigenvalue weighted by atomic mass is 10.1. The van der Waals surface area contributed by atoms with Crippen molar-refractivity contribution in [2.24, 2.45) is 0 Å². The Morgan fingerprint density at radius 1 is 1.11 bits per heavy atom. The van der Waals surface area contributed by atoms with Crippen molar-refractivity contribution in [1.29, 1.82) is 0 Å². The maximum atomic E-state index is 13.7. The van der Waals surface area contributed by atoms with Crippen LogP contribution in [-0.4, -0.2) is 69.7 Å². The van der Waals surface area contributed by atoms with Crippen molar-refractivity contribution in [2.75, 3.05) is 38.6 Å². The van der Waals surface area contributed by atoms with Crippen molar-refractivity contribution >= 4 is 40.1 Å². The van der Waals surface area contributed by atoms with E-state index in [1.807, 2.05) is 25.1 Å². The predicted octanol–water partition coefficient (Wildman–Crippen LogP) is 3.92. The van der Waals surface area contributed by atoms with Crippen LogP contribution in [0.4, 0.5) is 5.69 Å². The molecule has 0 radical (unpaired) electrons. The number of halogens is 1. The van der Waals surface area contributed by atoms with Crippen LogP contribution in [0.5, 0.6) is 5.75 Å². The monoisotopic (exact) mass is 522 g/mol. The minimum absolute atomic E-state index is 0.154. The van der Waals surface area contributed by atoms with E-state index in [4.69, 9.17) is 20.8 Å². The summed E-state index contributed by atoms with van der Waals surface area (Å²) in [6.45, 7) is 4.73. The molecule has 1 aliphatic heterocycles. The number of anilines is 1. The van der Waals surface area contributed by atoms with Gasteiger partial charge in [-0.05, 0) is 36.8 Å². The van der Waals surface area contributed by atoms with Crippen molar-refractivity contribution in [3.63, 3.8) is 0 Å². The Balaban J connectivity index is 1.38. The Labute approximate surface area is 218 Å². The van der Waals surface area contributed by atoms with Gasteiger partial charge >= 0.3 is 0 Å². The van der Waals surface area contributed by atoms with Gasteiger partial charge in [0.1, 0.15) is 5.75 Å². The second-order valence-corrected chi connectivity index (χ2v) is 9.04. The number of carbonyl (C=O) groups is 2. The minimum atomic E-state index is -0.173. The maximum absolute atomic E-state index is 13.7. The fourth-order valence-electron chi connectivity index (χ4n) is 4.46. The molecule has 37 heavy (non-hydrogen) atoms. The van der Waals surface area contributed by atoms with Crippen LogP contribution in [0.2, 0.25) is 5.02 Å². The lowest BCUT2D eigenvalue weighted by Gasteiger charge is -2.34. The molecule has 4 heterocycles. The van der Waals surface area contributed by atoms with Crippen LogP contribution in [0.3, 0.4) is 0 Å². The lowest BCUT2D eigenvalue weighted by molar-refractivity contribution is 0.0518. The number of piperazine rings is 1. The highest BCUT2D eigenvalue weighted by Crippen LogP contribution is 2.30. The van der Waals surface area contributed by atoms with Gasteiger partial charge in [-0.15, -0.1) is 0 Å². The first-order chi connectivity index (χ1) is 18.0. The third-order valence-corrected chi connectivity index (χ3v) is 6.76. The Morgan fingerprint density at radius 2 is 1.86 bits per heavy atom. The number of hydrogen-bond acceptors (Lipinski definition) is 7. The topological polar surface area (TPSA) is 106 Å². The summed E-state index contributed by atoms with van der Waals surface area (Å²) < 4.78 is 12.3. The number of pyridine rings is 1. The van der Waals surface area contributed by atoms with Gasteiger partial charge in [0.2, 0.25) is 0 Å². The van der Waals surface area contributed by atoms with E-state index in [1.165, 1.54) is 6.26 Å². The van der Waals surface area contributed by atoms with Crippen LogP contribution in [0.1, 0.15) is 33.4 Å². The van der Waals surface area contributed by atoms with Gasteiger partial charge in [0.05, 0.1) is 41.2 Å². The van der Waals surface area contributed by atoms with E-state index >= 15 is 0 Å². The highest BCUT2D eigenvalue weighted by atomic mass is 35.5. The fraction of sp³-hybridized carbons (Fsp3) is 0.308. The van der Waals surface area contributed by atoms with Gasteiger partial charge in [-0.2, -0.15) is 5.10 Å². The molecule has 0 saturated carbocycles. The number of methoxy groups -OCH3 is 1. The normalized spacial score (nSPS) is 13.7. The highest BCUT2D eigenvalue weighted by Gasteiger charge is 2.29. The van der Waals surface area contributed by atoms with Gasteiger partial charge in [-0.3, -0.25) is 9.59 Å². The van der Waals surface area contributed by atoms with E-state index in [0.717, 1.165) is 10.9 Å². The highest BCUT2D eigenvalue weighted by molar-refractivity contribution is 6.32. The zero-order valence-electron chi connectivity index (χ0n) is 20.6. The predicted molar refractivity (Wildman–Crippen MR) is 139 cm³/mol. The average molecular weight is 523 g/mol. The first-order valence-corrected chi connectivity index (χ1v) is 12.4. The van der Waals surface area contributed by atoms with Crippen LogP contribution in [0.15, 0.2) is 53.4 Å². The molecule has 1 N–H and O–H groups in total. The summed E-state index contributed by atoms with van der Waals surface area (Å²) >= 11 is 6.31. The number of fused-ring (bicyclic) bond motifs is 1. The molecule has 3 aromatic heterocycles. The number of amides is 2. The second kappa shape index (κ2) is 10.5. The third kappa shape index (κ3) is 4.84. The molecule has 4 aromatic rings. The molecule has 0 spiro atoms. The van der Waals surface area contributed by atoms with Crippen LogP contribution < -0.4 is 10.1 Å². The first-order valence-electron chi connectivity index (χ1n) is 12.0. The number of nitrogens with zero attached hydrogens (tertiary/aromatic N) is 5. The van der Waals surface area contributed by atoms with Gasteiger partial charge in [0.15, 0.2) is 11.4 Å². The second-order valence-electron chi connectivity index (χ2n) is 8.63. The van der Waals surface area contributed by atoms with Gasteiger partial charge in [-0.25, -0.2) is 9.67 Å². The SMILES string of the molecule is CCn1ncc2c(NCc3ccc(OC)c(Cl)c3)c(C(=O)N3CCN(C(=O)c4ccco4)CC3)cnc21. The summed E-state index contributed by atoms with van der Waals surface area (Å²) in [6.07, 6.45) is 4.80. The molecule has 1 aromatic carbocycles. The van der Waals surface area contributed by atoms with Crippen molar-refractivity contribution in [3.8, 4) is 5.75 Å². The third-order valence-electron chi connectivity index (χ3n) is 6.47. The molecule has 10 nitrogen and oxygen atoms in total. The summed E-state index contributed by atoms with van der Waals surface area (Å²) in [5, 5.41) is 9.13. The lowest BCUT2D eigenvalue weighted by Crippen LogP contribution is -2.50. The molecule has 0 bridgehead atoms. The Hall–Kier alpha value is -4.05. The number of aromatic nitrogens is 3. The molecule has 2 amide bonds. The van der Waals surface area contributed by atoms with Gasteiger partial charge < -0.3 is 24.3 Å². The number of hydrogen-bond donors (Lipinski definition) is 1. The number of aryl methyl sites for hydroxylation is 1. The Morgan fingerprint density at radius 3 is 2.51 bits per heavy atom. The molecule has 0 atom stereocenters. The summed E-state index contributed by atoms with van der Waals surface area (Å²) in [6, 6.07) is 8.89. The van der Waals surface area contributed by atoms with E-state index in [9.17, 15) is 9.59 Å². The van der Waals surface area contributed by atoms with Gasteiger partial charge in [0.25, 0.3) is 11.8 Å². The summed E-state index contributed by atoms with van der Waals surface area (Å²) in [4.78, 5) is 34.3. The summed E-state index contributed by atoms with van der Waals surface area (Å²) in [5.74, 6) is 0.570. The van der Waals surface area contributed by atoms with E-state index < -0.39 is 0 Å². The molecular weight excluding hydrogens is 496 g/mol. The standard InChI is InChI=1S/C26H27ClN6O4/c1-3-33-24-18(16-30-33)23(28-14-17-6-7-21(36-2)20(27)13-17)19(15-29-24)25(34)31-8-10-32(11-9-31)26(35)22-5-4-12-37-22/h4-7,12-13,15-16H,3,8-11,14H2,1-2H3,(H,28,29). The van der Waals surface area contributed by atoms with E-state index in [-0.39, 0.29) is 11.8 Å². The zero-order chi connectivity index (χ0) is 25.9. The number of ether oxygens (including phenoxy) is 1. The number of nitrogens with one attached hydrogen (secondary N) is 1. The maximum Gasteiger partial charge on any atom is 0.289 e. The summed E-state index contributed by atoms with van der Waals surface area (Å²) in [5.41, 5.74) is 2.74. The van der Waals surface area contributed by atoms with Crippen LogP contribution >= 0.6 is 11.6 Å². The molecular formula is C26H27ClN6O4. The van der Waals surface area contributed by atoms with Crippen LogP contribution in [0.25, 0.3) is 11.0 Å². The summed E-state index contributed by atoms with van der Waals surface area (Å²) in [7, 11) is 1.57. The molecule has 0 unspecified atom stereocenters. The quantitative estimate of drug-likeness (QED) is 0.392. The van der Waals surface area contributed by atoms with Crippen molar-refractivity contribution in [2.45, 2.75) is 20.0 Å². The van der Waals surface area contributed by atoms with Gasteiger partial charge in [-0.1, -0.05) is 17.7 Å². The zero-order valence-corrected chi connectivity index (χ0v) is 21.4. The number of furan rings is 1. The first kappa shape index (κ1) is 24.6. The smallest absolute Gasteiger partial charge is 0.289 e. The van der Waals surface area contributed by atoms with Gasteiger partial charge in [0, 0.05) is 45.5 Å². The average Bonchev–Trinajstić information content (AvgIpc) is 3.61. The minimum Gasteiger partial charge on any atom is -0.495 e. The molecule has 1 fully saturated rings. The fourth-order valence-corrected chi connectivity index (χ4v) is 4.74. The van der Waals surface area contributed by atoms with Crippen LogP contribution in [0, 0.1) is 0 Å². The number of rotatable bonds is 7. The van der Waals surface area contributed by atoms with Crippen molar-refractivity contribution in [1.82, 2.24) is 24.6 Å². The molecule has 5 rings (SSSR count). The molecule has 1 saturated heterocycles. The molecule has 1 aliphatic rings. The molecule has 192 valence electrons. The number of benzene rings is 1. The Kier molecular flexibility index (Phi) is 7.00. The van der Waals surface area contributed by atoms with E-state index in [1.54, 1.807) is 46.1 Å². The number of carbonyl (C=O) groups excluding carboxylic acids is 2.